The van der Waals surface area contributed by atoms with E-state index in [4.69, 9.17) is 5.73 Å². The summed E-state index contributed by atoms with van der Waals surface area (Å²) in [5.74, 6) is 0. The second kappa shape index (κ2) is 13.4. The van der Waals surface area contributed by atoms with Crippen LogP contribution in [0.25, 0.3) is 0 Å². The fraction of sp³-hybridized carbons (Fsp3) is 1.00. The monoisotopic (exact) mass is 256 g/mol. The molecule has 2 unspecified atom stereocenters. The Bertz CT molecular complexity index is 157. The van der Waals surface area contributed by atoms with E-state index in [1.54, 1.807) is 0 Å². The molecule has 0 fully saturated rings. The molecule has 3 N–H and O–H groups in total. The van der Waals surface area contributed by atoms with Crippen molar-refractivity contribution in [1.82, 2.24) is 5.32 Å². The highest BCUT2D eigenvalue weighted by atomic mass is 14.9. The second-order valence-corrected chi connectivity index (χ2v) is 5.78. The van der Waals surface area contributed by atoms with Crippen LogP contribution in [-0.2, 0) is 0 Å². The zero-order valence-corrected chi connectivity index (χ0v) is 13.0. The average molecular weight is 256 g/mol. The fourth-order valence-electron chi connectivity index (χ4n) is 2.13. The van der Waals surface area contributed by atoms with E-state index in [9.17, 15) is 0 Å². The highest BCUT2D eigenvalue weighted by Gasteiger charge is 2.04. The van der Waals surface area contributed by atoms with Gasteiger partial charge >= 0.3 is 0 Å². The molecule has 0 rings (SSSR count). The summed E-state index contributed by atoms with van der Waals surface area (Å²) in [5.41, 5.74) is 5.80. The largest absolute Gasteiger partial charge is 0.327 e. The molecule has 0 aliphatic rings. The number of nitrogens with two attached hydrogens (primary N) is 1. The van der Waals surface area contributed by atoms with E-state index < -0.39 is 0 Å². The van der Waals surface area contributed by atoms with Crippen LogP contribution in [0.4, 0.5) is 0 Å². The molecule has 110 valence electrons. The summed E-state index contributed by atoms with van der Waals surface area (Å²) in [6, 6.07) is 0.705. The molecule has 18 heavy (non-hydrogen) atoms. The van der Waals surface area contributed by atoms with Crippen molar-refractivity contribution in [2.24, 2.45) is 5.73 Å². The van der Waals surface area contributed by atoms with E-state index >= 15 is 0 Å². The predicted octanol–water partition coefficient (Wildman–Crippen LogP) is 4.23. The molecule has 0 aliphatic heterocycles. The van der Waals surface area contributed by atoms with E-state index in [0.717, 1.165) is 6.54 Å². The molecule has 0 saturated heterocycles. The van der Waals surface area contributed by atoms with Gasteiger partial charge in [0.1, 0.15) is 0 Å². The van der Waals surface area contributed by atoms with Crippen molar-refractivity contribution in [2.45, 2.75) is 97.1 Å². The highest BCUT2D eigenvalue weighted by Crippen LogP contribution is 2.10. The van der Waals surface area contributed by atoms with E-state index in [2.05, 4.69) is 26.1 Å². The third kappa shape index (κ3) is 12.4. The first-order valence-electron chi connectivity index (χ1n) is 8.17. The molecule has 0 radical (unpaired) electrons. The van der Waals surface area contributed by atoms with Crippen LogP contribution in [0.5, 0.6) is 0 Å². The number of unbranched alkanes of at least 4 members (excludes halogenated alkanes) is 9. The lowest BCUT2D eigenvalue weighted by Crippen LogP contribution is -2.41. The van der Waals surface area contributed by atoms with Crippen LogP contribution in [0.3, 0.4) is 0 Å². The minimum absolute atomic E-state index is 0.258. The Hall–Kier alpha value is -0.0800. The molecular formula is C16H36N2. The molecule has 0 aromatic heterocycles. The third-order valence-corrected chi connectivity index (χ3v) is 3.79. The van der Waals surface area contributed by atoms with Gasteiger partial charge in [-0.1, -0.05) is 64.7 Å². The van der Waals surface area contributed by atoms with E-state index in [1.165, 1.54) is 64.2 Å². The SMILES string of the molecule is CCCCCCCCCCCCNC(C)C(C)N. The second-order valence-electron chi connectivity index (χ2n) is 5.78. The summed E-state index contributed by atoms with van der Waals surface area (Å²) in [6.45, 7) is 7.64. The van der Waals surface area contributed by atoms with Gasteiger partial charge in [0.2, 0.25) is 0 Å². The Morgan fingerprint density at radius 1 is 0.778 bits per heavy atom. The standard InChI is InChI=1S/C16H36N2/c1-4-5-6-7-8-9-10-11-12-13-14-18-16(3)15(2)17/h15-16,18H,4-14,17H2,1-3H3. The van der Waals surface area contributed by atoms with Crippen molar-refractivity contribution < 1.29 is 0 Å². The molecule has 2 atom stereocenters. The molecule has 2 nitrogen and oxygen atoms in total. The Morgan fingerprint density at radius 3 is 1.67 bits per heavy atom. The van der Waals surface area contributed by atoms with Gasteiger partial charge < -0.3 is 11.1 Å². The smallest absolute Gasteiger partial charge is 0.0188 e. The van der Waals surface area contributed by atoms with Crippen LogP contribution >= 0.6 is 0 Å². The molecule has 0 heterocycles. The van der Waals surface area contributed by atoms with Crippen molar-refractivity contribution in [1.29, 1.82) is 0 Å². The van der Waals surface area contributed by atoms with Gasteiger partial charge in [-0.05, 0) is 26.8 Å². The summed E-state index contributed by atoms with van der Waals surface area (Å²) >= 11 is 0. The van der Waals surface area contributed by atoms with Crippen LogP contribution in [0.2, 0.25) is 0 Å². The van der Waals surface area contributed by atoms with Crippen molar-refractivity contribution in [3.05, 3.63) is 0 Å². The summed E-state index contributed by atoms with van der Waals surface area (Å²) < 4.78 is 0. The molecule has 0 spiro atoms. The quantitative estimate of drug-likeness (QED) is 0.484. The maximum Gasteiger partial charge on any atom is 0.0188 e. The van der Waals surface area contributed by atoms with Crippen LogP contribution in [0.1, 0.15) is 85.0 Å². The van der Waals surface area contributed by atoms with Crippen LogP contribution in [0, 0.1) is 0 Å². The zero-order chi connectivity index (χ0) is 13.6. The Kier molecular flexibility index (Phi) is 13.3. The lowest BCUT2D eigenvalue weighted by Gasteiger charge is -2.17. The van der Waals surface area contributed by atoms with Crippen LogP contribution in [0.15, 0.2) is 0 Å². The predicted molar refractivity (Wildman–Crippen MR) is 83.0 cm³/mol. The highest BCUT2D eigenvalue weighted by molar-refractivity contribution is 4.69. The third-order valence-electron chi connectivity index (χ3n) is 3.79. The lowest BCUT2D eigenvalue weighted by molar-refractivity contribution is 0.462. The average Bonchev–Trinajstić information content (AvgIpc) is 2.35. The Labute approximate surface area is 115 Å². The minimum Gasteiger partial charge on any atom is -0.327 e. The molecule has 0 bridgehead atoms. The normalized spacial score (nSPS) is 14.7. The molecule has 0 saturated carbocycles. The van der Waals surface area contributed by atoms with Crippen LogP contribution in [-0.4, -0.2) is 18.6 Å². The van der Waals surface area contributed by atoms with Gasteiger partial charge in [-0.2, -0.15) is 0 Å². The van der Waals surface area contributed by atoms with Crippen molar-refractivity contribution in [3.63, 3.8) is 0 Å². The molecule has 2 heteroatoms. The van der Waals surface area contributed by atoms with E-state index in [-0.39, 0.29) is 6.04 Å². The number of hydrogen-bond donors (Lipinski definition) is 2. The summed E-state index contributed by atoms with van der Waals surface area (Å²) in [6.07, 6.45) is 14.0. The fourth-order valence-corrected chi connectivity index (χ4v) is 2.13. The van der Waals surface area contributed by atoms with Gasteiger partial charge in [-0.15, -0.1) is 0 Å². The van der Waals surface area contributed by atoms with Gasteiger partial charge in [0, 0.05) is 12.1 Å². The first kappa shape index (κ1) is 17.9. The summed E-state index contributed by atoms with van der Waals surface area (Å²) in [5, 5.41) is 3.48. The Morgan fingerprint density at radius 2 is 1.22 bits per heavy atom. The summed E-state index contributed by atoms with van der Waals surface area (Å²) in [4.78, 5) is 0. The zero-order valence-electron chi connectivity index (χ0n) is 13.0. The van der Waals surface area contributed by atoms with Crippen molar-refractivity contribution in [3.8, 4) is 0 Å². The topological polar surface area (TPSA) is 38.0 Å². The van der Waals surface area contributed by atoms with Gasteiger partial charge in [-0.3, -0.25) is 0 Å². The van der Waals surface area contributed by atoms with Gasteiger partial charge in [0.15, 0.2) is 0 Å². The maximum absolute atomic E-state index is 5.80. The molecule has 0 aromatic rings. The minimum atomic E-state index is 0.258. The van der Waals surface area contributed by atoms with E-state index in [1.807, 2.05) is 0 Å². The van der Waals surface area contributed by atoms with E-state index in [0.29, 0.717) is 6.04 Å². The molecule has 0 aliphatic carbocycles. The van der Waals surface area contributed by atoms with Gasteiger partial charge in [0.25, 0.3) is 0 Å². The van der Waals surface area contributed by atoms with Gasteiger partial charge in [-0.25, -0.2) is 0 Å². The van der Waals surface area contributed by atoms with Gasteiger partial charge in [0.05, 0.1) is 0 Å². The number of hydrogen-bond acceptors (Lipinski definition) is 2. The van der Waals surface area contributed by atoms with Crippen molar-refractivity contribution >= 4 is 0 Å². The lowest BCUT2D eigenvalue weighted by atomic mass is 10.1. The molecule has 0 amide bonds. The number of rotatable bonds is 13. The molecule has 0 aromatic carbocycles. The first-order valence-corrected chi connectivity index (χ1v) is 8.17. The molecular weight excluding hydrogens is 220 g/mol. The first-order chi connectivity index (χ1) is 8.68. The number of nitrogens with one attached hydrogen (secondary N) is 1. The van der Waals surface area contributed by atoms with Crippen LogP contribution < -0.4 is 11.1 Å². The van der Waals surface area contributed by atoms with Crippen molar-refractivity contribution in [2.75, 3.05) is 6.54 Å². The Balaban J connectivity index is 3.03. The maximum atomic E-state index is 5.80. The summed E-state index contributed by atoms with van der Waals surface area (Å²) in [7, 11) is 0.